The van der Waals surface area contributed by atoms with Crippen molar-refractivity contribution in [2.24, 2.45) is 5.41 Å². The molecular formula is C14H18O3. The second-order valence-electron chi connectivity index (χ2n) is 5.49. The van der Waals surface area contributed by atoms with E-state index < -0.39 is 6.10 Å². The predicted molar refractivity (Wildman–Crippen MR) is 64.3 cm³/mol. The molecule has 3 heteroatoms. The number of benzene rings is 1. The minimum Gasteiger partial charge on any atom is -0.507 e. The first kappa shape index (κ1) is 10.9. The van der Waals surface area contributed by atoms with Gasteiger partial charge in [-0.3, -0.25) is 0 Å². The summed E-state index contributed by atoms with van der Waals surface area (Å²) in [6.07, 6.45) is 2.70. The van der Waals surface area contributed by atoms with Gasteiger partial charge in [0.15, 0.2) is 0 Å². The molecule has 3 rings (SSSR count). The molecule has 1 spiro atoms. The predicted octanol–water partition coefficient (Wildman–Crippen LogP) is 2.61. The smallest absolute Gasteiger partial charge is 0.125 e. The molecule has 1 aliphatic heterocycles. The van der Waals surface area contributed by atoms with Crippen LogP contribution < -0.4 is 4.74 Å². The molecule has 2 N–H and O–H groups in total. The number of hydrogen-bond acceptors (Lipinski definition) is 3. The monoisotopic (exact) mass is 234 g/mol. The third-order valence-electron chi connectivity index (χ3n) is 4.46. The Labute approximate surface area is 101 Å². The molecule has 0 amide bonds. The summed E-state index contributed by atoms with van der Waals surface area (Å²) in [7, 11) is 0. The van der Waals surface area contributed by atoms with Crippen LogP contribution in [0, 0.1) is 19.3 Å². The summed E-state index contributed by atoms with van der Waals surface area (Å²) >= 11 is 0. The Hall–Kier alpha value is -1.22. The highest BCUT2D eigenvalue weighted by Crippen LogP contribution is 2.56. The highest BCUT2D eigenvalue weighted by atomic mass is 16.5. The number of aromatic hydroxyl groups is 1. The molecule has 1 unspecified atom stereocenters. The lowest BCUT2D eigenvalue weighted by Crippen LogP contribution is -2.44. The summed E-state index contributed by atoms with van der Waals surface area (Å²) in [5, 5.41) is 20.5. The van der Waals surface area contributed by atoms with E-state index in [2.05, 4.69) is 0 Å². The second-order valence-corrected chi connectivity index (χ2v) is 5.49. The van der Waals surface area contributed by atoms with Crippen molar-refractivity contribution in [3.63, 3.8) is 0 Å². The minimum atomic E-state index is -0.494. The first-order chi connectivity index (χ1) is 8.05. The van der Waals surface area contributed by atoms with E-state index in [0.717, 1.165) is 41.7 Å². The van der Waals surface area contributed by atoms with Crippen LogP contribution >= 0.6 is 0 Å². The van der Waals surface area contributed by atoms with Gasteiger partial charge in [-0.05, 0) is 38.3 Å². The van der Waals surface area contributed by atoms with E-state index in [1.165, 1.54) is 0 Å². The highest BCUT2D eigenvalue weighted by Gasteiger charge is 2.49. The van der Waals surface area contributed by atoms with Crippen molar-refractivity contribution in [2.45, 2.75) is 39.2 Å². The van der Waals surface area contributed by atoms with Gasteiger partial charge >= 0.3 is 0 Å². The summed E-state index contributed by atoms with van der Waals surface area (Å²) in [5.41, 5.74) is 2.26. The number of aryl methyl sites for hydroxylation is 1. The van der Waals surface area contributed by atoms with Gasteiger partial charge in [0.25, 0.3) is 0 Å². The van der Waals surface area contributed by atoms with Crippen LogP contribution in [0.25, 0.3) is 0 Å². The second kappa shape index (κ2) is 3.39. The first-order valence-electron chi connectivity index (χ1n) is 6.19. The molecular weight excluding hydrogens is 216 g/mol. The van der Waals surface area contributed by atoms with Crippen LogP contribution in [0.5, 0.6) is 11.5 Å². The van der Waals surface area contributed by atoms with Gasteiger partial charge in [-0.25, -0.2) is 0 Å². The topological polar surface area (TPSA) is 49.7 Å². The number of aliphatic hydroxyl groups is 1. The van der Waals surface area contributed by atoms with Gasteiger partial charge < -0.3 is 14.9 Å². The standard InChI is InChI=1S/C14H18O3/c1-8-6-10-11(9(2)12(8)15)13(16)14(7-17-10)4-3-5-14/h6,13,15-16H,3-5,7H2,1-2H3. The third kappa shape index (κ3) is 1.32. The molecule has 1 atom stereocenters. The van der Waals surface area contributed by atoms with Crippen molar-refractivity contribution in [1.82, 2.24) is 0 Å². The normalized spacial score (nSPS) is 25.0. The molecule has 2 aliphatic rings. The van der Waals surface area contributed by atoms with E-state index in [0.29, 0.717) is 6.61 Å². The molecule has 0 aromatic heterocycles. The molecule has 1 aromatic rings. The van der Waals surface area contributed by atoms with E-state index in [9.17, 15) is 10.2 Å². The Balaban J connectivity index is 2.14. The maximum atomic E-state index is 10.5. The Morgan fingerprint density at radius 1 is 1.35 bits per heavy atom. The van der Waals surface area contributed by atoms with E-state index in [1.807, 2.05) is 19.9 Å². The Morgan fingerprint density at radius 3 is 2.65 bits per heavy atom. The van der Waals surface area contributed by atoms with Crippen LogP contribution in [0.3, 0.4) is 0 Å². The fourth-order valence-electron chi connectivity index (χ4n) is 3.07. The molecule has 3 nitrogen and oxygen atoms in total. The van der Waals surface area contributed by atoms with Gasteiger partial charge in [-0.2, -0.15) is 0 Å². The van der Waals surface area contributed by atoms with E-state index in [4.69, 9.17) is 4.74 Å². The number of phenols is 1. The fourth-order valence-corrected chi connectivity index (χ4v) is 3.07. The molecule has 1 fully saturated rings. The molecule has 0 radical (unpaired) electrons. The molecule has 1 aromatic carbocycles. The lowest BCUT2D eigenvalue weighted by Gasteiger charge is -2.48. The van der Waals surface area contributed by atoms with Gasteiger partial charge in [0.05, 0.1) is 12.7 Å². The SMILES string of the molecule is Cc1cc2c(c(C)c1O)C(O)C1(CCC1)CO2. The molecule has 92 valence electrons. The maximum Gasteiger partial charge on any atom is 0.125 e. The van der Waals surface area contributed by atoms with Crippen LogP contribution in [0.2, 0.25) is 0 Å². The lowest BCUT2D eigenvalue weighted by atomic mass is 9.62. The number of ether oxygens (including phenoxy) is 1. The summed E-state index contributed by atoms with van der Waals surface area (Å²) in [6, 6.07) is 1.83. The van der Waals surface area contributed by atoms with E-state index in [-0.39, 0.29) is 11.2 Å². The van der Waals surface area contributed by atoms with Crippen LogP contribution in [0.4, 0.5) is 0 Å². The molecule has 1 aliphatic carbocycles. The van der Waals surface area contributed by atoms with Gasteiger partial charge in [-0.15, -0.1) is 0 Å². The highest BCUT2D eigenvalue weighted by molar-refractivity contribution is 5.54. The molecule has 1 heterocycles. The molecule has 17 heavy (non-hydrogen) atoms. The number of fused-ring (bicyclic) bond motifs is 1. The van der Waals surface area contributed by atoms with Crippen molar-refractivity contribution in [1.29, 1.82) is 0 Å². The quantitative estimate of drug-likeness (QED) is 0.725. The minimum absolute atomic E-state index is 0.0978. The molecule has 0 bridgehead atoms. The number of phenolic OH excluding ortho intramolecular Hbond substituents is 1. The van der Waals surface area contributed by atoms with Gasteiger partial charge in [0.2, 0.25) is 0 Å². The van der Waals surface area contributed by atoms with Gasteiger partial charge in [0, 0.05) is 16.5 Å². The lowest BCUT2D eigenvalue weighted by molar-refractivity contribution is -0.0835. The van der Waals surface area contributed by atoms with Gasteiger partial charge in [-0.1, -0.05) is 6.42 Å². The molecule has 1 saturated carbocycles. The average molecular weight is 234 g/mol. The zero-order chi connectivity index (χ0) is 12.2. The van der Waals surface area contributed by atoms with E-state index in [1.54, 1.807) is 0 Å². The number of hydrogen-bond donors (Lipinski definition) is 2. The van der Waals surface area contributed by atoms with Gasteiger partial charge in [0.1, 0.15) is 11.5 Å². The van der Waals surface area contributed by atoms with Crippen LogP contribution in [0.1, 0.15) is 42.1 Å². The summed E-state index contributed by atoms with van der Waals surface area (Å²) < 4.78 is 5.80. The van der Waals surface area contributed by atoms with Crippen LogP contribution in [-0.4, -0.2) is 16.8 Å². The Bertz CT molecular complexity index is 475. The van der Waals surface area contributed by atoms with Crippen molar-refractivity contribution in [3.05, 3.63) is 22.8 Å². The summed E-state index contributed by atoms with van der Waals surface area (Å²) in [6.45, 7) is 4.31. The van der Waals surface area contributed by atoms with Crippen molar-refractivity contribution in [2.75, 3.05) is 6.61 Å². The van der Waals surface area contributed by atoms with Crippen molar-refractivity contribution >= 4 is 0 Å². The number of rotatable bonds is 0. The molecule has 0 saturated heterocycles. The van der Waals surface area contributed by atoms with Crippen molar-refractivity contribution in [3.8, 4) is 11.5 Å². The Morgan fingerprint density at radius 2 is 2.06 bits per heavy atom. The van der Waals surface area contributed by atoms with Crippen LogP contribution in [-0.2, 0) is 0 Å². The summed E-state index contributed by atoms with van der Waals surface area (Å²) in [5.74, 6) is 1.02. The van der Waals surface area contributed by atoms with E-state index >= 15 is 0 Å². The summed E-state index contributed by atoms with van der Waals surface area (Å²) in [4.78, 5) is 0. The maximum absolute atomic E-state index is 10.5. The Kier molecular flexibility index (Phi) is 2.17. The average Bonchev–Trinajstić information content (AvgIpc) is 2.24. The van der Waals surface area contributed by atoms with Crippen LogP contribution in [0.15, 0.2) is 6.07 Å². The first-order valence-corrected chi connectivity index (χ1v) is 6.19. The zero-order valence-corrected chi connectivity index (χ0v) is 10.3. The number of aliphatic hydroxyl groups excluding tert-OH is 1. The fraction of sp³-hybridized carbons (Fsp3) is 0.571. The van der Waals surface area contributed by atoms with Crippen molar-refractivity contribution < 1.29 is 14.9 Å². The largest absolute Gasteiger partial charge is 0.507 e. The zero-order valence-electron chi connectivity index (χ0n) is 10.3. The third-order valence-corrected chi connectivity index (χ3v) is 4.46.